The summed E-state index contributed by atoms with van der Waals surface area (Å²) >= 11 is 0. The molecule has 0 saturated heterocycles. The summed E-state index contributed by atoms with van der Waals surface area (Å²) in [5.74, 6) is -0.798. The van der Waals surface area contributed by atoms with E-state index in [1.54, 1.807) is 0 Å². The van der Waals surface area contributed by atoms with Crippen LogP contribution in [0.3, 0.4) is 0 Å². The Morgan fingerprint density at radius 3 is 2.95 bits per heavy atom. The number of amides is 1. The minimum absolute atomic E-state index is 0.293. The Bertz CT molecular complexity index is 644. The lowest BCUT2D eigenvalue weighted by atomic mass is 10.1. The van der Waals surface area contributed by atoms with Gasteiger partial charge in [-0.3, -0.25) is 20.0 Å². The van der Waals surface area contributed by atoms with E-state index in [1.165, 1.54) is 6.33 Å². The molecule has 0 atom stereocenters. The number of nitrogens with zero attached hydrogens (tertiary/aromatic N) is 3. The Kier molecular flexibility index (Phi) is 4.54. The second-order valence-corrected chi connectivity index (χ2v) is 4.21. The van der Waals surface area contributed by atoms with Gasteiger partial charge in [-0.15, -0.1) is 0 Å². The van der Waals surface area contributed by atoms with Gasteiger partial charge in [-0.05, 0) is 12.5 Å². The lowest BCUT2D eigenvalue weighted by Gasteiger charge is -2.05. The van der Waals surface area contributed by atoms with E-state index in [9.17, 15) is 19.3 Å². The van der Waals surface area contributed by atoms with Crippen LogP contribution >= 0.6 is 0 Å². The third kappa shape index (κ3) is 3.81. The maximum atomic E-state index is 13.5. The van der Waals surface area contributed by atoms with Crippen molar-refractivity contribution < 1.29 is 14.1 Å². The number of rotatable bonds is 6. The zero-order valence-corrected chi connectivity index (χ0v) is 10.9. The van der Waals surface area contributed by atoms with Gasteiger partial charge in [0.2, 0.25) is 0 Å². The molecule has 9 heteroatoms. The van der Waals surface area contributed by atoms with E-state index in [4.69, 9.17) is 0 Å². The van der Waals surface area contributed by atoms with Crippen LogP contribution in [0.2, 0.25) is 0 Å². The fourth-order valence-electron chi connectivity index (χ4n) is 1.71. The first-order valence-electron chi connectivity index (χ1n) is 6.14. The van der Waals surface area contributed by atoms with Gasteiger partial charge in [0.15, 0.2) is 0 Å². The zero-order valence-electron chi connectivity index (χ0n) is 10.9. The van der Waals surface area contributed by atoms with Crippen molar-refractivity contribution >= 4 is 11.6 Å². The predicted octanol–water partition coefficient (Wildman–Crippen LogP) is 1.21. The monoisotopic (exact) mass is 293 g/mol. The van der Waals surface area contributed by atoms with Crippen molar-refractivity contribution in [3.8, 4) is 0 Å². The molecule has 0 spiro atoms. The van der Waals surface area contributed by atoms with Crippen molar-refractivity contribution in [2.75, 3.05) is 6.54 Å². The summed E-state index contributed by atoms with van der Waals surface area (Å²) in [4.78, 5) is 25.6. The van der Waals surface area contributed by atoms with Gasteiger partial charge in [-0.1, -0.05) is 0 Å². The summed E-state index contributed by atoms with van der Waals surface area (Å²) in [6, 6.07) is 2.83. The molecule has 2 rings (SSSR count). The lowest BCUT2D eigenvalue weighted by molar-refractivity contribution is -0.384. The first-order valence-corrected chi connectivity index (χ1v) is 6.14. The van der Waals surface area contributed by atoms with E-state index < -0.39 is 16.6 Å². The van der Waals surface area contributed by atoms with Crippen LogP contribution in [0.4, 0.5) is 10.1 Å². The van der Waals surface area contributed by atoms with Crippen molar-refractivity contribution in [2.24, 2.45) is 0 Å². The molecule has 110 valence electrons. The highest BCUT2D eigenvalue weighted by molar-refractivity contribution is 5.95. The smallest absolute Gasteiger partial charge is 0.270 e. The Morgan fingerprint density at radius 2 is 2.29 bits per heavy atom. The lowest BCUT2D eigenvalue weighted by Crippen LogP contribution is -2.25. The summed E-state index contributed by atoms with van der Waals surface area (Å²) in [6.07, 6.45) is 2.54. The molecular formula is C12H12FN5O3. The Balaban J connectivity index is 1.90. The maximum Gasteiger partial charge on any atom is 0.270 e. The van der Waals surface area contributed by atoms with E-state index in [1.807, 2.05) is 0 Å². The Labute approximate surface area is 118 Å². The Hall–Kier alpha value is -2.84. The minimum Gasteiger partial charge on any atom is -0.352 e. The Morgan fingerprint density at radius 1 is 1.48 bits per heavy atom. The van der Waals surface area contributed by atoms with Crippen LogP contribution in [0.5, 0.6) is 0 Å². The average Bonchev–Trinajstić information content (AvgIpc) is 2.96. The number of non-ortho nitro benzene ring substituents is 1. The molecule has 0 aliphatic rings. The summed E-state index contributed by atoms with van der Waals surface area (Å²) < 4.78 is 13.5. The van der Waals surface area contributed by atoms with E-state index in [0.29, 0.717) is 25.2 Å². The number of aromatic amines is 1. The van der Waals surface area contributed by atoms with Gasteiger partial charge < -0.3 is 5.32 Å². The predicted molar refractivity (Wildman–Crippen MR) is 70.1 cm³/mol. The van der Waals surface area contributed by atoms with Crippen molar-refractivity contribution in [1.82, 2.24) is 20.5 Å². The van der Waals surface area contributed by atoms with Crippen molar-refractivity contribution in [2.45, 2.75) is 12.8 Å². The molecule has 1 amide bonds. The highest BCUT2D eigenvalue weighted by Gasteiger charge is 2.16. The van der Waals surface area contributed by atoms with Crippen LogP contribution in [-0.2, 0) is 6.42 Å². The summed E-state index contributed by atoms with van der Waals surface area (Å²) in [6.45, 7) is 0.293. The molecule has 0 bridgehead atoms. The van der Waals surface area contributed by atoms with Crippen LogP contribution < -0.4 is 5.32 Å². The number of halogens is 1. The second-order valence-electron chi connectivity index (χ2n) is 4.21. The first kappa shape index (κ1) is 14.6. The van der Waals surface area contributed by atoms with E-state index >= 15 is 0 Å². The molecule has 0 radical (unpaired) electrons. The molecular weight excluding hydrogens is 281 g/mol. The molecule has 1 heterocycles. The molecule has 0 unspecified atom stereocenters. The standard InChI is InChI=1S/C12H12FN5O3/c13-10-4-3-8(18(20)21)6-9(10)12(19)14-5-1-2-11-15-7-16-17-11/h3-4,6-7H,1-2,5H2,(H,14,19)(H,15,16,17). The second kappa shape index (κ2) is 6.55. The number of aromatic nitrogens is 3. The van der Waals surface area contributed by atoms with Gasteiger partial charge in [0.25, 0.3) is 11.6 Å². The highest BCUT2D eigenvalue weighted by atomic mass is 19.1. The fourth-order valence-corrected chi connectivity index (χ4v) is 1.71. The molecule has 0 saturated carbocycles. The van der Waals surface area contributed by atoms with Crippen LogP contribution in [0.15, 0.2) is 24.5 Å². The van der Waals surface area contributed by atoms with Crippen LogP contribution in [0.1, 0.15) is 22.6 Å². The SMILES string of the molecule is O=C(NCCCc1ncn[nH]1)c1cc([N+](=O)[O-])ccc1F. The highest BCUT2D eigenvalue weighted by Crippen LogP contribution is 2.16. The molecule has 0 aliphatic heterocycles. The largest absolute Gasteiger partial charge is 0.352 e. The average molecular weight is 293 g/mol. The molecule has 8 nitrogen and oxygen atoms in total. The fraction of sp³-hybridized carbons (Fsp3) is 0.250. The summed E-state index contributed by atoms with van der Waals surface area (Å²) in [5, 5.41) is 19.5. The molecule has 2 aromatic rings. The number of nitro benzene ring substituents is 1. The quantitative estimate of drug-likeness (QED) is 0.472. The van der Waals surface area contributed by atoms with Crippen LogP contribution in [-0.4, -0.2) is 32.6 Å². The zero-order chi connectivity index (χ0) is 15.2. The van der Waals surface area contributed by atoms with Gasteiger partial charge in [0.1, 0.15) is 18.0 Å². The number of benzene rings is 1. The minimum atomic E-state index is -0.798. The number of nitrogens with one attached hydrogen (secondary N) is 2. The third-order valence-corrected chi connectivity index (χ3v) is 2.75. The third-order valence-electron chi connectivity index (χ3n) is 2.75. The topological polar surface area (TPSA) is 114 Å². The summed E-state index contributed by atoms with van der Waals surface area (Å²) in [5.41, 5.74) is -0.674. The number of nitro groups is 1. The van der Waals surface area contributed by atoms with E-state index in [2.05, 4.69) is 20.5 Å². The van der Waals surface area contributed by atoms with Crippen molar-refractivity contribution in [3.05, 3.63) is 51.8 Å². The first-order chi connectivity index (χ1) is 10.1. The number of H-pyrrole nitrogens is 1. The van der Waals surface area contributed by atoms with Gasteiger partial charge in [-0.25, -0.2) is 9.37 Å². The van der Waals surface area contributed by atoms with Gasteiger partial charge >= 0.3 is 0 Å². The van der Waals surface area contributed by atoms with E-state index in [0.717, 1.165) is 18.2 Å². The number of carbonyl (C=O) groups is 1. The van der Waals surface area contributed by atoms with E-state index in [-0.39, 0.29) is 11.3 Å². The molecule has 2 N–H and O–H groups in total. The van der Waals surface area contributed by atoms with Crippen LogP contribution in [0, 0.1) is 15.9 Å². The van der Waals surface area contributed by atoms with Crippen LogP contribution in [0.25, 0.3) is 0 Å². The molecule has 21 heavy (non-hydrogen) atoms. The number of aryl methyl sites for hydroxylation is 1. The van der Waals surface area contributed by atoms with Crippen molar-refractivity contribution in [1.29, 1.82) is 0 Å². The summed E-state index contributed by atoms with van der Waals surface area (Å²) in [7, 11) is 0. The van der Waals surface area contributed by atoms with Gasteiger partial charge in [-0.2, -0.15) is 5.10 Å². The molecule has 1 aromatic heterocycles. The normalized spacial score (nSPS) is 10.3. The number of hydrogen-bond acceptors (Lipinski definition) is 5. The van der Waals surface area contributed by atoms with Gasteiger partial charge in [0.05, 0.1) is 10.5 Å². The maximum absolute atomic E-state index is 13.5. The molecule has 1 aromatic carbocycles. The molecule has 0 aliphatic carbocycles. The van der Waals surface area contributed by atoms with Crippen molar-refractivity contribution in [3.63, 3.8) is 0 Å². The van der Waals surface area contributed by atoms with Gasteiger partial charge in [0, 0.05) is 25.1 Å². The number of hydrogen-bond donors (Lipinski definition) is 2. The number of carbonyl (C=O) groups excluding carboxylic acids is 1. The molecule has 0 fully saturated rings.